The number of methoxy groups -OCH3 is 1. The van der Waals surface area contributed by atoms with Gasteiger partial charge in [0, 0.05) is 19.3 Å². The van der Waals surface area contributed by atoms with Crippen molar-refractivity contribution in [2.75, 3.05) is 29.9 Å². The third-order valence-electron chi connectivity index (χ3n) is 4.46. The Morgan fingerprint density at radius 2 is 2.04 bits per heavy atom. The number of fused-ring (bicyclic) bond motifs is 1. The number of amides is 1. The zero-order valence-corrected chi connectivity index (χ0v) is 16.0. The monoisotopic (exact) mass is 392 g/mol. The van der Waals surface area contributed by atoms with Gasteiger partial charge in [-0.15, -0.1) is 0 Å². The van der Waals surface area contributed by atoms with Crippen molar-refractivity contribution in [1.82, 2.24) is 0 Å². The van der Waals surface area contributed by atoms with Gasteiger partial charge in [-0.1, -0.05) is 6.07 Å². The zero-order chi connectivity index (χ0) is 19.6. The molecule has 1 heterocycles. The maximum Gasteiger partial charge on any atom is 0.261 e. The predicted octanol–water partition coefficient (Wildman–Crippen LogP) is 2.86. The number of ether oxygens (including phenoxy) is 1. The van der Waals surface area contributed by atoms with Gasteiger partial charge in [0.15, 0.2) is 0 Å². The van der Waals surface area contributed by atoms with Gasteiger partial charge < -0.3 is 9.64 Å². The average molecular weight is 392 g/mol. The number of hydrogen-bond acceptors (Lipinski definition) is 4. The standard InChI is InChI=1S/C19H21FN2O4S/c1-13-10-16(7-8-17(13)20)27(24,25)21-15-6-5-14-4-3-9-22(18(14)11-15)19(23)12-26-2/h5-8,10-11,21H,3-4,9,12H2,1-2H3. The van der Waals surface area contributed by atoms with E-state index in [2.05, 4.69) is 4.72 Å². The Labute approximate surface area is 158 Å². The van der Waals surface area contributed by atoms with E-state index >= 15 is 0 Å². The Bertz CT molecular complexity index is 976. The van der Waals surface area contributed by atoms with Crippen LogP contribution >= 0.6 is 0 Å². The number of sulfonamides is 1. The highest BCUT2D eigenvalue weighted by Gasteiger charge is 2.24. The van der Waals surface area contributed by atoms with E-state index in [1.807, 2.05) is 6.07 Å². The third kappa shape index (κ3) is 4.12. The Hall–Kier alpha value is -2.45. The lowest BCUT2D eigenvalue weighted by atomic mass is 10.0. The van der Waals surface area contributed by atoms with Crippen LogP contribution in [0.3, 0.4) is 0 Å². The van der Waals surface area contributed by atoms with Crippen LogP contribution in [0.5, 0.6) is 0 Å². The van der Waals surface area contributed by atoms with Crippen LogP contribution in [0.25, 0.3) is 0 Å². The molecule has 0 saturated heterocycles. The molecule has 0 fully saturated rings. The molecule has 0 saturated carbocycles. The van der Waals surface area contributed by atoms with Gasteiger partial charge in [0.05, 0.1) is 10.6 Å². The molecule has 2 aromatic carbocycles. The molecular weight excluding hydrogens is 371 g/mol. The minimum Gasteiger partial charge on any atom is -0.375 e. The summed E-state index contributed by atoms with van der Waals surface area (Å²) in [6, 6.07) is 8.76. The fourth-order valence-electron chi connectivity index (χ4n) is 3.10. The van der Waals surface area contributed by atoms with Crippen LogP contribution in [0, 0.1) is 12.7 Å². The maximum atomic E-state index is 13.4. The number of aryl methyl sites for hydroxylation is 2. The first kappa shape index (κ1) is 19.3. The summed E-state index contributed by atoms with van der Waals surface area (Å²) in [6.45, 7) is 2.03. The van der Waals surface area contributed by atoms with Gasteiger partial charge in [-0.25, -0.2) is 12.8 Å². The number of rotatable bonds is 5. The minimum absolute atomic E-state index is 0.0218. The highest BCUT2D eigenvalue weighted by atomic mass is 32.2. The smallest absolute Gasteiger partial charge is 0.261 e. The van der Waals surface area contributed by atoms with E-state index in [1.54, 1.807) is 17.0 Å². The summed E-state index contributed by atoms with van der Waals surface area (Å²) in [4.78, 5) is 13.9. The third-order valence-corrected chi connectivity index (χ3v) is 5.84. The first-order chi connectivity index (χ1) is 12.8. The van der Waals surface area contributed by atoms with Gasteiger partial charge in [0.2, 0.25) is 0 Å². The minimum atomic E-state index is -3.87. The van der Waals surface area contributed by atoms with E-state index in [0.29, 0.717) is 17.9 Å². The molecule has 8 heteroatoms. The molecule has 0 spiro atoms. The lowest BCUT2D eigenvalue weighted by Crippen LogP contribution is -2.37. The molecule has 0 aromatic heterocycles. The highest BCUT2D eigenvalue weighted by Crippen LogP contribution is 2.31. The molecule has 0 atom stereocenters. The zero-order valence-electron chi connectivity index (χ0n) is 15.2. The Balaban J connectivity index is 1.91. The summed E-state index contributed by atoms with van der Waals surface area (Å²) in [6.07, 6.45) is 1.65. The number of halogens is 1. The maximum absolute atomic E-state index is 13.4. The van der Waals surface area contributed by atoms with E-state index in [1.165, 1.54) is 26.2 Å². The fraction of sp³-hybridized carbons (Fsp3) is 0.316. The van der Waals surface area contributed by atoms with Gasteiger partial charge >= 0.3 is 0 Å². The number of benzene rings is 2. The van der Waals surface area contributed by atoms with Gasteiger partial charge in [-0.3, -0.25) is 9.52 Å². The number of anilines is 2. The second-order valence-electron chi connectivity index (χ2n) is 6.44. The van der Waals surface area contributed by atoms with Gasteiger partial charge in [0.1, 0.15) is 12.4 Å². The summed E-state index contributed by atoms with van der Waals surface area (Å²) >= 11 is 0. The molecule has 0 aliphatic carbocycles. The molecule has 1 N–H and O–H groups in total. The molecule has 1 aliphatic rings. The molecule has 1 amide bonds. The number of nitrogens with one attached hydrogen (secondary N) is 1. The number of carbonyl (C=O) groups is 1. The van der Waals surface area contributed by atoms with E-state index < -0.39 is 15.8 Å². The van der Waals surface area contributed by atoms with E-state index in [-0.39, 0.29) is 23.0 Å². The Kier molecular flexibility index (Phi) is 5.48. The lowest BCUT2D eigenvalue weighted by Gasteiger charge is -2.30. The quantitative estimate of drug-likeness (QED) is 0.849. The molecule has 2 aromatic rings. The van der Waals surface area contributed by atoms with Crippen LogP contribution in [-0.2, 0) is 26.0 Å². The molecule has 0 bridgehead atoms. The van der Waals surface area contributed by atoms with Gasteiger partial charge in [-0.05, 0) is 61.2 Å². The van der Waals surface area contributed by atoms with Crippen molar-refractivity contribution in [3.8, 4) is 0 Å². The largest absolute Gasteiger partial charge is 0.375 e. The van der Waals surface area contributed by atoms with E-state index in [9.17, 15) is 17.6 Å². The second-order valence-corrected chi connectivity index (χ2v) is 8.12. The summed E-state index contributed by atoms with van der Waals surface area (Å²) in [5, 5.41) is 0. The van der Waals surface area contributed by atoms with E-state index in [4.69, 9.17) is 4.74 Å². The van der Waals surface area contributed by atoms with Crippen molar-refractivity contribution in [2.45, 2.75) is 24.7 Å². The number of carbonyl (C=O) groups excluding carboxylic acids is 1. The SMILES string of the molecule is COCC(=O)N1CCCc2ccc(NS(=O)(=O)c3ccc(F)c(C)c3)cc21. The first-order valence-electron chi connectivity index (χ1n) is 8.53. The average Bonchev–Trinajstić information content (AvgIpc) is 2.63. The van der Waals surface area contributed by atoms with Crippen molar-refractivity contribution < 1.29 is 22.3 Å². The molecule has 0 radical (unpaired) electrons. The summed E-state index contributed by atoms with van der Waals surface area (Å²) in [5.41, 5.74) is 2.25. The first-order valence-corrected chi connectivity index (χ1v) is 10.0. The summed E-state index contributed by atoms with van der Waals surface area (Å²) < 4.78 is 46.1. The summed E-state index contributed by atoms with van der Waals surface area (Å²) in [5.74, 6) is -0.636. The van der Waals surface area contributed by atoms with Crippen LogP contribution in [0.15, 0.2) is 41.3 Å². The molecule has 3 rings (SSSR count). The van der Waals surface area contributed by atoms with Crippen molar-refractivity contribution in [1.29, 1.82) is 0 Å². The summed E-state index contributed by atoms with van der Waals surface area (Å²) in [7, 11) is -2.42. The van der Waals surface area contributed by atoms with Crippen molar-refractivity contribution >= 4 is 27.3 Å². The normalized spacial score (nSPS) is 14.0. The van der Waals surface area contributed by atoms with Crippen LogP contribution in [0.4, 0.5) is 15.8 Å². The van der Waals surface area contributed by atoms with Crippen molar-refractivity contribution in [3.05, 3.63) is 53.3 Å². The molecule has 1 aliphatic heterocycles. The van der Waals surface area contributed by atoms with Gasteiger partial charge in [-0.2, -0.15) is 0 Å². The fourth-order valence-corrected chi connectivity index (χ4v) is 4.23. The molecular formula is C19H21FN2O4S. The molecule has 6 nitrogen and oxygen atoms in total. The van der Waals surface area contributed by atoms with Gasteiger partial charge in [0.25, 0.3) is 15.9 Å². The number of nitrogens with zero attached hydrogens (tertiary/aromatic N) is 1. The topological polar surface area (TPSA) is 75.7 Å². The Morgan fingerprint density at radius 3 is 2.74 bits per heavy atom. The highest BCUT2D eigenvalue weighted by molar-refractivity contribution is 7.92. The van der Waals surface area contributed by atoms with Crippen LogP contribution in [0.1, 0.15) is 17.5 Å². The van der Waals surface area contributed by atoms with E-state index in [0.717, 1.165) is 24.5 Å². The van der Waals surface area contributed by atoms with Crippen molar-refractivity contribution in [2.24, 2.45) is 0 Å². The predicted molar refractivity (Wildman–Crippen MR) is 101 cm³/mol. The molecule has 144 valence electrons. The number of hydrogen-bond donors (Lipinski definition) is 1. The van der Waals surface area contributed by atoms with Crippen molar-refractivity contribution in [3.63, 3.8) is 0 Å². The molecule has 0 unspecified atom stereocenters. The van der Waals surface area contributed by atoms with Crippen LogP contribution in [0.2, 0.25) is 0 Å². The van der Waals surface area contributed by atoms with Crippen LogP contribution < -0.4 is 9.62 Å². The Morgan fingerprint density at radius 1 is 1.26 bits per heavy atom. The second kappa shape index (κ2) is 7.66. The lowest BCUT2D eigenvalue weighted by molar-refractivity contribution is -0.122. The molecule has 27 heavy (non-hydrogen) atoms. The van der Waals surface area contributed by atoms with Crippen LogP contribution in [-0.4, -0.2) is 34.6 Å².